The van der Waals surface area contributed by atoms with E-state index in [0.717, 1.165) is 13.0 Å². The second-order valence-corrected chi connectivity index (χ2v) is 3.60. The molecule has 2 heterocycles. The van der Waals surface area contributed by atoms with Crippen LogP contribution in [0.25, 0.3) is 0 Å². The molecule has 6 nitrogen and oxygen atoms in total. The van der Waals surface area contributed by atoms with Crippen molar-refractivity contribution in [2.75, 3.05) is 18.0 Å². The van der Waals surface area contributed by atoms with E-state index in [1.54, 1.807) is 12.3 Å². The number of nitrogens with two attached hydrogens (primary N) is 1. The molecule has 0 aromatic carbocycles. The van der Waals surface area contributed by atoms with Gasteiger partial charge in [0.1, 0.15) is 0 Å². The van der Waals surface area contributed by atoms with Crippen molar-refractivity contribution in [1.82, 2.24) is 4.98 Å². The van der Waals surface area contributed by atoms with Gasteiger partial charge in [0.2, 0.25) is 5.82 Å². The van der Waals surface area contributed by atoms with Gasteiger partial charge in [0.05, 0.1) is 4.92 Å². The van der Waals surface area contributed by atoms with Crippen LogP contribution in [0.15, 0.2) is 18.3 Å². The van der Waals surface area contributed by atoms with Crippen molar-refractivity contribution < 1.29 is 4.92 Å². The van der Waals surface area contributed by atoms with Gasteiger partial charge < -0.3 is 10.6 Å². The van der Waals surface area contributed by atoms with Crippen molar-refractivity contribution in [1.29, 1.82) is 0 Å². The smallest absolute Gasteiger partial charge is 0.311 e. The van der Waals surface area contributed by atoms with E-state index >= 15 is 0 Å². The summed E-state index contributed by atoms with van der Waals surface area (Å²) in [6.07, 6.45) is 2.42. The summed E-state index contributed by atoms with van der Waals surface area (Å²) in [6.45, 7) is 1.37. The SMILES string of the molecule is NC1CCN(c2ncccc2[N+](=O)[O-])C1. The predicted octanol–water partition coefficient (Wildman–Crippen LogP) is 0.527. The van der Waals surface area contributed by atoms with Crippen molar-refractivity contribution in [3.8, 4) is 0 Å². The number of pyridine rings is 1. The first-order chi connectivity index (χ1) is 7.18. The maximum atomic E-state index is 10.8. The summed E-state index contributed by atoms with van der Waals surface area (Å²) in [7, 11) is 0. The van der Waals surface area contributed by atoms with E-state index in [2.05, 4.69) is 4.98 Å². The van der Waals surface area contributed by atoms with Crippen LogP contribution in [0.4, 0.5) is 11.5 Å². The molecule has 1 fully saturated rings. The predicted molar refractivity (Wildman–Crippen MR) is 55.7 cm³/mol. The van der Waals surface area contributed by atoms with Gasteiger partial charge in [-0.3, -0.25) is 10.1 Å². The van der Waals surface area contributed by atoms with Gasteiger partial charge in [0, 0.05) is 31.4 Å². The number of nitro groups is 1. The lowest BCUT2D eigenvalue weighted by molar-refractivity contribution is -0.384. The molecule has 0 amide bonds. The quantitative estimate of drug-likeness (QED) is 0.566. The monoisotopic (exact) mass is 208 g/mol. The molecule has 1 unspecified atom stereocenters. The average Bonchev–Trinajstić information content (AvgIpc) is 2.65. The summed E-state index contributed by atoms with van der Waals surface area (Å²) >= 11 is 0. The van der Waals surface area contributed by atoms with Crippen molar-refractivity contribution >= 4 is 11.5 Å². The van der Waals surface area contributed by atoms with Gasteiger partial charge in [-0.25, -0.2) is 4.98 Å². The van der Waals surface area contributed by atoms with Crippen molar-refractivity contribution in [3.05, 3.63) is 28.4 Å². The maximum absolute atomic E-state index is 10.8. The zero-order valence-corrected chi connectivity index (χ0v) is 8.17. The molecule has 1 saturated heterocycles. The average molecular weight is 208 g/mol. The molecule has 1 aromatic heterocycles. The highest BCUT2D eigenvalue weighted by Crippen LogP contribution is 2.27. The van der Waals surface area contributed by atoms with E-state index < -0.39 is 4.92 Å². The first kappa shape index (κ1) is 9.85. The molecule has 1 aromatic rings. The summed E-state index contributed by atoms with van der Waals surface area (Å²) < 4.78 is 0. The standard InChI is InChI=1S/C9H12N4O2/c10-7-3-5-12(6-7)9-8(13(14)15)2-1-4-11-9/h1-2,4,7H,3,5-6,10H2. The van der Waals surface area contributed by atoms with Gasteiger partial charge in [-0.1, -0.05) is 0 Å². The first-order valence-corrected chi connectivity index (χ1v) is 4.78. The molecule has 0 aliphatic carbocycles. The molecule has 15 heavy (non-hydrogen) atoms. The van der Waals surface area contributed by atoms with Crippen LogP contribution in [-0.2, 0) is 0 Å². The maximum Gasteiger partial charge on any atom is 0.311 e. The van der Waals surface area contributed by atoms with Gasteiger partial charge in [0.25, 0.3) is 0 Å². The number of rotatable bonds is 2. The van der Waals surface area contributed by atoms with Gasteiger partial charge in [0.15, 0.2) is 0 Å². The third-order valence-corrected chi connectivity index (χ3v) is 2.49. The van der Waals surface area contributed by atoms with Gasteiger partial charge >= 0.3 is 5.69 Å². The van der Waals surface area contributed by atoms with E-state index in [1.807, 2.05) is 4.90 Å². The Labute approximate surface area is 86.9 Å². The fourth-order valence-electron chi connectivity index (χ4n) is 1.75. The highest BCUT2D eigenvalue weighted by molar-refractivity contribution is 5.57. The molecular formula is C9H12N4O2. The highest BCUT2D eigenvalue weighted by Gasteiger charge is 2.26. The van der Waals surface area contributed by atoms with Crippen molar-refractivity contribution in [3.63, 3.8) is 0 Å². The van der Waals surface area contributed by atoms with Gasteiger partial charge in [-0.15, -0.1) is 0 Å². The molecule has 0 bridgehead atoms. The second kappa shape index (κ2) is 3.82. The number of hydrogen-bond acceptors (Lipinski definition) is 5. The largest absolute Gasteiger partial charge is 0.349 e. The Morgan fingerprint density at radius 3 is 3.07 bits per heavy atom. The van der Waals surface area contributed by atoms with E-state index in [1.165, 1.54) is 6.07 Å². The molecule has 6 heteroatoms. The van der Waals surface area contributed by atoms with Crippen LogP contribution in [-0.4, -0.2) is 29.0 Å². The Kier molecular flexibility index (Phi) is 2.51. The zero-order valence-electron chi connectivity index (χ0n) is 8.17. The molecule has 1 aliphatic heterocycles. The fourth-order valence-corrected chi connectivity index (χ4v) is 1.75. The van der Waals surface area contributed by atoms with Crippen LogP contribution < -0.4 is 10.6 Å². The summed E-state index contributed by atoms with van der Waals surface area (Å²) in [5.41, 5.74) is 5.80. The van der Waals surface area contributed by atoms with Gasteiger partial charge in [-0.2, -0.15) is 0 Å². The summed E-state index contributed by atoms with van der Waals surface area (Å²) in [5, 5.41) is 10.8. The van der Waals surface area contributed by atoms with Crippen LogP contribution in [0.3, 0.4) is 0 Å². The third kappa shape index (κ3) is 1.89. The van der Waals surface area contributed by atoms with Crippen LogP contribution in [0, 0.1) is 10.1 Å². The van der Waals surface area contributed by atoms with E-state index in [-0.39, 0.29) is 11.7 Å². The number of hydrogen-bond donors (Lipinski definition) is 1. The highest BCUT2D eigenvalue weighted by atomic mass is 16.6. The lowest BCUT2D eigenvalue weighted by atomic mass is 10.3. The Bertz CT molecular complexity index is 382. The lowest BCUT2D eigenvalue weighted by Gasteiger charge is -2.15. The molecule has 0 saturated carbocycles. The topological polar surface area (TPSA) is 85.3 Å². The van der Waals surface area contributed by atoms with Crippen molar-refractivity contribution in [2.45, 2.75) is 12.5 Å². The first-order valence-electron chi connectivity index (χ1n) is 4.78. The Balaban J connectivity index is 2.31. The summed E-state index contributed by atoms with van der Waals surface area (Å²) in [5.74, 6) is 0.426. The van der Waals surface area contributed by atoms with Crippen LogP contribution in [0.1, 0.15) is 6.42 Å². The minimum Gasteiger partial charge on any atom is -0.349 e. The Hall–Kier alpha value is -1.69. The molecule has 1 aliphatic rings. The fraction of sp³-hybridized carbons (Fsp3) is 0.444. The zero-order chi connectivity index (χ0) is 10.8. The molecule has 2 N–H and O–H groups in total. The number of anilines is 1. The second-order valence-electron chi connectivity index (χ2n) is 3.60. The minimum atomic E-state index is -0.411. The minimum absolute atomic E-state index is 0.0478. The van der Waals surface area contributed by atoms with Crippen LogP contribution >= 0.6 is 0 Å². The molecule has 1 atom stereocenters. The van der Waals surface area contributed by atoms with E-state index in [9.17, 15) is 10.1 Å². The Morgan fingerprint density at radius 1 is 1.67 bits per heavy atom. The third-order valence-electron chi connectivity index (χ3n) is 2.49. The number of aromatic nitrogens is 1. The molecule has 80 valence electrons. The van der Waals surface area contributed by atoms with Crippen LogP contribution in [0.2, 0.25) is 0 Å². The lowest BCUT2D eigenvalue weighted by Crippen LogP contribution is -2.27. The van der Waals surface area contributed by atoms with E-state index in [0.29, 0.717) is 12.4 Å². The molecule has 0 radical (unpaired) electrons. The van der Waals surface area contributed by atoms with Crippen LogP contribution in [0.5, 0.6) is 0 Å². The normalized spacial score (nSPS) is 20.6. The molecule has 0 spiro atoms. The Morgan fingerprint density at radius 2 is 2.47 bits per heavy atom. The number of nitrogens with zero attached hydrogens (tertiary/aromatic N) is 3. The van der Waals surface area contributed by atoms with E-state index in [4.69, 9.17) is 5.73 Å². The van der Waals surface area contributed by atoms with Crippen molar-refractivity contribution in [2.24, 2.45) is 5.73 Å². The molecule has 2 rings (SSSR count). The summed E-state index contributed by atoms with van der Waals surface area (Å²) in [6, 6.07) is 3.12. The summed E-state index contributed by atoms with van der Waals surface area (Å²) in [4.78, 5) is 16.3. The van der Waals surface area contributed by atoms with Gasteiger partial charge in [-0.05, 0) is 12.5 Å². The molecular weight excluding hydrogens is 196 g/mol.